The summed E-state index contributed by atoms with van der Waals surface area (Å²) in [7, 11) is 0. The van der Waals surface area contributed by atoms with E-state index in [4.69, 9.17) is 4.74 Å². The van der Waals surface area contributed by atoms with Crippen molar-refractivity contribution in [3.8, 4) is 0 Å². The number of piperidine rings is 1. The van der Waals surface area contributed by atoms with Crippen LogP contribution in [0.2, 0.25) is 0 Å². The van der Waals surface area contributed by atoms with Gasteiger partial charge in [-0.1, -0.05) is 30.3 Å². The van der Waals surface area contributed by atoms with Gasteiger partial charge in [0.1, 0.15) is 6.61 Å². The van der Waals surface area contributed by atoms with Crippen LogP contribution in [0.5, 0.6) is 0 Å². The second kappa shape index (κ2) is 5.37. The Morgan fingerprint density at radius 3 is 2.35 bits per heavy atom. The first-order valence-electron chi connectivity index (χ1n) is 6.94. The molecule has 1 aromatic rings. The smallest absolute Gasteiger partial charge is 0.372 e. The molecule has 3 rings (SSSR count). The lowest BCUT2D eigenvalue weighted by Crippen LogP contribution is -2.25. The molecule has 2 nitrogen and oxygen atoms in total. The van der Waals surface area contributed by atoms with Crippen molar-refractivity contribution in [3.05, 3.63) is 35.9 Å². The molecule has 1 saturated carbocycles. The molecule has 1 aromatic carbocycles. The number of hydrogen-bond acceptors (Lipinski definition) is 2. The average molecular weight is 285 g/mol. The maximum atomic E-state index is 12.0. The summed E-state index contributed by atoms with van der Waals surface area (Å²) in [6.45, 7) is 2.05. The number of ether oxygens (including phenoxy) is 1. The van der Waals surface area contributed by atoms with Crippen LogP contribution in [0.1, 0.15) is 5.56 Å². The lowest BCUT2D eigenvalue weighted by Gasteiger charge is -2.19. The standard InChI is InChI=1S/C15H18F3NO/c16-15(17,18)10-20-9-14-12-7-19(8-13(12)14)6-11-4-2-1-3-5-11/h1-5,12-14H,6-10H2. The molecule has 1 aliphatic carbocycles. The molecule has 0 radical (unpaired) electrons. The van der Waals surface area contributed by atoms with Gasteiger partial charge in [0, 0.05) is 19.6 Å². The van der Waals surface area contributed by atoms with Crippen LogP contribution in [0.25, 0.3) is 0 Å². The fraction of sp³-hybridized carbons (Fsp3) is 0.600. The third kappa shape index (κ3) is 3.33. The molecule has 1 heterocycles. The van der Waals surface area contributed by atoms with Crippen molar-refractivity contribution in [2.45, 2.75) is 12.7 Å². The van der Waals surface area contributed by atoms with E-state index in [1.54, 1.807) is 0 Å². The highest BCUT2D eigenvalue weighted by atomic mass is 19.4. The molecule has 2 fully saturated rings. The molecule has 2 unspecified atom stereocenters. The Kier molecular flexibility index (Phi) is 3.73. The summed E-state index contributed by atoms with van der Waals surface area (Å²) < 4.78 is 40.7. The summed E-state index contributed by atoms with van der Waals surface area (Å²) in [5, 5.41) is 0. The van der Waals surface area contributed by atoms with Crippen LogP contribution >= 0.6 is 0 Å². The van der Waals surface area contributed by atoms with Gasteiger partial charge in [0.25, 0.3) is 0 Å². The van der Waals surface area contributed by atoms with Gasteiger partial charge in [-0.3, -0.25) is 4.90 Å². The van der Waals surface area contributed by atoms with Gasteiger partial charge >= 0.3 is 6.18 Å². The van der Waals surface area contributed by atoms with Gasteiger partial charge in [0.05, 0.1) is 6.61 Å². The number of rotatable bonds is 5. The Morgan fingerprint density at radius 2 is 1.75 bits per heavy atom. The van der Waals surface area contributed by atoms with E-state index in [2.05, 4.69) is 17.0 Å². The lowest BCUT2D eigenvalue weighted by atomic mass is 10.2. The topological polar surface area (TPSA) is 12.5 Å². The van der Waals surface area contributed by atoms with Gasteiger partial charge in [-0.15, -0.1) is 0 Å². The van der Waals surface area contributed by atoms with Crippen LogP contribution in [0, 0.1) is 17.8 Å². The predicted octanol–water partition coefficient (Wildman–Crippen LogP) is 2.94. The number of fused-ring (bicyclic) bond motifs is 1. The molecule has 20 heavy (non-hydrogen) atoms. The minimum Gasteiger partial charge on any atom is -0.372 e. The largest absolute Gasteiger partial charge is 0.411 e. The van der Waals surface area contributed by atoms with Gasteiger partial charge in [-0.2, -0.15) is 13.2 Å². The van der Waals surface area contributed by atoms with Crippen molar-refractivity contribution in [1.82, 2.24) is 4.90 Å². The predicted molar refractivity (Wildman–Crippen MR) is 69.1 cm³/mol. The van der Waals surface area contributed by atoms with Crippen LogP contribution in [0.15, 0.2) is 30.3 Å². The zero-order chi connectivity index (χ0) is 14.2. The summed E-state index contributed by atoms with van der Waals surface area (Å²) >= 11 is 0. The van der Waals surface area contributed by atoms with E-state index in [0.29, 0.717) is 17.8 Å². The van der Waals surface area contributed by atoms with Gasteiger partial charge in [0.2, 0.25) is 0 Å². The Bertz CT molecular complexity index is 436. The van der Waals surface area contributed by atoms with Crippen LogP contribution in [0.3, 0.4) is 0 Å². The molecule has 0 bridgehead atoms. The van der Waals surface area contributed by atoms with Crippen molar-refractivity contribution in [2.24, 2.45) is 17.8 Å². The van der Waals surface area contributed by atoms with E-state index in [1.165, 1.54) is 5.56 Å². The monoisotopic (exact) mass is 285 g/mol. The normalized spacial score (nSPS) is 29.4. The fourth-order valence-electron chi connectivity index (χ4n) is 3.27. The Hall–Kier alpha value is -1.07. The van der Waals surface area contributed by atoms with Crippen molar-refractivity contribution < 1.29 is 17.9 Å². The van der Waals surface area contributed by atoms with Crippen LogP contribution in [0.4, 0.5) is 13.2 Å². The molecule has 2 aliphatic rings. The molecule has 0 spiro atoms. The number of alkyl halides is 3. The van der Waals surface area contributed by atoms with Gasteiger partial charge in [0.15, 0.2) is 0 Å². The first kappa shape index (κ1) is 13.9. The molecule has 5 heteroatoms. The summed E-state index contributed by atoms with van der Waals surface area (Å²) in [6.07, 6.45) is -4.21. The average Bonchev–Trinajstić information content (AvgIpc) is 2.83. The molecule has 2 atom stereocenters. The zero-order valence-corrected chi connectivity index (χ0v) is 11.1. The maximum absolute atomic E-state index is 12.0. The molecule has 0 aromatic heterocycles. The Balaban J connectivity index is 1.38. The van der Waals surface area contributed by atoms with Crippen LogP contribution in [-0.4, -0.2) is 37.4 Å². The van der Waals surface area contributed by atoms with E-state index in [1.807, 2.05) is 18.2 Å². The molecule has 0 N–H and O–H groups in total. The third-order valence-corrected chi connectivity index (χ3v) is 4.27. The van der Waals surface area contributed by atoms with Crippen molar-refractivity contribution in [1.29, 1.82) is 0 Å². The number of likely N-dealkylation sites (tertiary alicyclic amines) is 1. The van der Waals surface area contributed by atoms with E-state index in [9.17, 15) is 13.2 Å². The summed E-state index contributed by atoms with van der Waals surface area (Å²) in [6, 6.07) is 10.3. The second-order valence-electron chi connectivity index (χ2n) is 5.80. The quantitative estimate of drug-likeness (QED) is 0.824. The van der Waals surface area contributed by atoms with Crippen molar-refractivity contribution in [3.63, 3.8) is 0 Å². The van der Waals surface area contributed by atoms with Crippen LogP contribution < -0.4 is 0 Å². The summed E-state index contributed by atoms with van der Waals surface area (Å²) in [5.41, 5.74) is 1.29. The number of nitrogens with zero attached hydrogens (tertiary/aromatic N) is 1. The Morgan fingerprint density at radius 1 is 1.10 bits per heavy atom. The zero-order valence-electron chi connectivity index (χ0n) is 11.1. The summed E-state index contributed by atoms with van der Waals surface area (Å²) in [5.74, 6) is 1.41. The Labute approximate surface area is 116 Å². The van der Waals surface area contributed by atoms with Gasteiger partial charge in [-0.25, -0.2) is 0 Å². The van der Waals surface area contributed by atoms with E-state index in [0.717, 1.165) is 19.6 Å². The molecule has 1 aliphatic heterocycles. The van der Waals surface area contributed by atoms with Gasteiger partial charge in [-0.05, 0) is 23.3 Å². The first-order chi connectivity index (χ1) is 9.53. The minimum atomic E-state index is -4.21. The van der Waals surface area contributed by atoms with Crippen molar-refractivity contribution >= 4 is 0 Å². The van der Waals surface area contributed by atoms with E-state index < -0.39 is 12.8 Å². The number of hydrogen-bond donors (Lipinski definition) is 0. The first-order valence-corrected chi connectivity index (χ1v) is 6.94. The highest BCUT2D eigenvalue weighted by molar-refractivity contribution is 5.15. The highest BCUT2D eigenvalue weighted by Gasteiger charge is 2.55. The van der Waals surface area contributed by atoms with Crippen molar-refractivity contribution in [2.75, 3.05) is 26.3 Å². The molecule has 0 amide bonds. The second-order valence-corrected chi connectivity index (χ2v) is 5.80. The molecular weight excluding hydrogens is 267 g/mol. The number of halogens is 3. The summed E-state index contributed by atoms with van der Waals surface area (Å²) in [4.78, 5) is 2.38. The molecule has 110 valence electrons. The number of benzene rings is 1. The maximum Gasteiger partial charge on any atom is 0.411 e. The highest BCUT2D eigenvalue weighted by Crippen LogP contribution is 2.52. The van der Waals surface area contributed by atoms with Crippen LogP contribution in [-0.2, 0) is 11.3 Å². The minimum absolute atomic E-state index is 0.258. The van der Waals surface area contributed by atoms with E-state index >= 15 is 0 Å². The molecular formula is C15H18F3NO. The SMILES string of the molecule is FC(F)(F)COCC1C2CN(Cc3ccccc3)CC12. The fourth-order valence-corrected chi connectivity index (χ4v) is 3.27. The lowest BCUT2D eigenvalue weighted by molar-refractivity contribution is -0.175. The van der Waals surface area contributed by atoms with E-state index in [-0.39, 0.29) is 6.61 Å². The van der Waals surface area contributed by atoms with Gasteiger partial charge < -0.3 is 4.74 Å². The molecule has 1 saturated heterocycles. The third-order valence-electron chi connectivity index (χ3n) is 4.27.